The van der Waals surface area contributed by atoms with Crippen LogP contribution in [0.3, 0.4) is 0 Å². The van der Waals surface area contributed by atoms with Gasteiger partial charge in [-0.15, -0.1) is 0 Å². The third-order valence-electron chi connectivity index (χ3n) is 3.85. The van der Waals surface area contributed by atoms with Crippen molar-refractivity contribution in [2.24, 2.45) is 5.92 Å². The number of ether oxygens (including phenoxy) is 2. The predicted octanol–water partition coefficient (Wildman–Crippen LogP) is 2.74. The van der Waals surface area contributed by atoms with E-state index in [0.29, 0.717) is 22.9 Å². The third-order valence-corrected chi connectivity index (χ3v) is 3.85. The number of carboxylic acids is 1. The predicted molar refractivity (Wildman–Crippen MR) is 99.0 cm³/mol. The number of pyridine rings is 1. The van der Waals surface area contributed by atoms with Gasteiger partial charge in [0.05, 0.1) is 13.0 Å². The molecular weight excluding hydrogens is 350 g/mol. The number of nitrogens with one attached hydrogen (secondary N) is 1. The van der Waals surface area contributed by atoms with Crippen LogP contribution in [0.25, 0.3) is 0 Å². The van der Waals surface area contributed by atoms with Crippen LogP contribution in [0.1, 0.15) is 12.5 Å². The van der Waals surface area contributed by atoms with Crippen LogP contribution in [0, 0.1) is 5.92 Å². The lowest BCUT2D eigenvalue weighted by atomic mass is 10.2. The van der Waals surface area contributed by atoms with E-state index in [4.69, 9.17) is 14.6 Å². The van der Waals surface area contributed by atoms with Gasteiger partial charge in [-0.2, -0.15) is 0 Å². The molecule has 1 heterocycles. The summed E-state index contributed by atoms with van der Waals surface area (Å²) >= 11 is 0. The first-order valence-corrected chi connectivity index (χ1v) is 8.38. The van der Waals surface area contributed by atoms with Gasteiger partial charge in [-0.25, -0.2) is 9.78 Å². The Morgan fingerprint density at radius 3 is 2.70 bits per heavy atom. The summed E-state index contributed by atoms with van der Waals surface area (Å²) in [5.41, 5.74) is 0.688. The first-order valence-electron chi connectivity index (χ1n) is 8.38. The molecule has 27 heavy (non-hydrogen) atoms. The number of aliphatic carboxylic acids is 1. The fourth-order valence-corrected chi connectivity index (χ4v) is 2.30. The van der Waals surface area contributed by atoms with Gasteiger partial charge < -0.3 is 24.8 Å². The third kappa shape index (κ3) is 5.88. The number of amides is 2. The molecule has 2 aromatic rings. The summed E-state index contributed by atoms with van der Waals surface area (Å²) in [6.07, 6.45) is 1.60. The number of nitrogens with zero attached hydrogens (tertiary/aromatic N) is 2. The fraction of sp³-hybridized carbons (Fsp3) is 0.316. The fourth-order valence-electron chi connectivity index (χ4n) is 2.30. The largest absolute Gasteiger partial charge is 0.497 e. The normalized spacial score (nSPS) is 11.4. The number of carboxylic acid groups (broad SMARTS) is 1. The molecule has 2 N–H and O–H groups in total. The smallest absolute Gasteiger partial charge is 0.317 e. The minimum atomic E-state index is -0.948. The monoisotopic (exact) mass is 373 g/mol. The molecular formula is C19H23N3O5. The van der Waals surface area contributed by atoms with E-state index < -0.39 is 11.9 Å². The maximum atomic E-state index is 12.2. The molecule has 0 bridgehead atoms. The lowest BCUT2D eigenvalue weighted by Crippen LogP contribution is -2.40. The van der Waals surface area contributed by atoms with E-state index in [1.54, 1.807) is 63.7 Å². The van der Waals surface area contributed by atoms with Crippen LogP contribution in [0.15, 0.2) is 42.6 Å². The molecule has 1 atom stereocenters. The second-order valence-corrected chi connectivity index (χ2v) is 6.03. The molecule has 1 unspecified atom stereocenters. The Kier molecular flexibility index (Phi) is 6.99. The van der Waals surface area contributed by atoms with Crippen molar-refractivity contribution in [1.82, 2.24) is 15.2 Å². The number of methoxy groups -OCH3 is 1. The quantitative estimate of drug-likeness (QED) is 0.738. The highest BCUT2D eigenvalue weighted by Gasteiger charge is 2.17. The molecule has 0 saturated carbocycles. The number of carbonyl (C=O) groups is 2. The summed E-state index contributed by atoms with van der Waals surface area (Å²) in [5, 5.41) is 11.7. The van der Waals surface area contributed by atoms with Gasteiger partial charge in [0.1, 0.15) is 11.5 Å². The zero-order valence-electron chi connectivity index (χ0n) is 15.5. The average molecular weight is 373 g/mol. The van der Waals surface area contributed by atoms with Crippen LogP contribution in [0.4, 0.5) is 4.79 Å². The summed E-state index contributed by atoms with van der Waals surface area (Å²) in [6.45, 7) is 1.85. The zero-order chi connectivity index (χ0) is 19.8. The van der Waals surface area contributed by atoms with E-state index in [-0.39, 0.29) is 19.1 Å². The molecule has 0 aliphatic heterocycles. The Hall–Kier alpha value is -3.29. The summed E-state index contributed by atoms with van der Waals surface area (Å²) in [7, 11) is 3.12. The summed E-state index contributed by atoms with van der Waals surface area (Å²) < 4.78 is 11.0. The molecule has 8 nitrogen and oxygen atoms in total. The first-order chi connectivity index (χ1) is 12.9. The van der Waals surface area contributed by atoms with Gasteiger partial charge in [-0.1, -0.05) is 19.1 Å². The van der Waals surface area contributed by atoms with Gasteiger partial charge in [0.2, 0.25) is 5.88 Å². The van der Waals surface area contributed by atoms with Gasteiger partial charge in [0.25, 0.3) is 0 Å². The molecule has 0 aliphatic rings. The minimum Gasteiger partial charge on any atom is -0.497 e. The van der Waals surface area contributed by atoms with Crippen molar-refractivity contribution >= 4 is 12.0 Å². The molecule has 8 heteroatoms. The van der Waals surface area contributed by atoms with Crippen LogP contribution < -0.4 is 14.8 Å². The minimum absolute atomic E-state index is 0.112. The molecule has 0 aliphatic carbocycles. The number of hydrogen-bond acceptors (Lipinski definition) is 5. The molecule has 2 rings (SSSR count). The Morgan fingerprint density at radius 1 is 1.26 bits per heavy atom. The number of aromatic nitrogens is 1. The van der Waals surface area contributed by atoms with Crippen molar-refractivity contribution in [3.63, 3.8) is 0 Å². The van der Waals surface area contributed by atoms with Crippen molar-refractivity contribution in [2.45, 2.75) is 13.5 Å². The molecule has 0 saturated heterocycles. The van der Waals surface area contributed by atoms with Gasteiger partial charge >= 0.3 is 12.0 Å². The van der Waals surface area contributed by atoms with Crippen molar-refractivity contribution in [1.29, 1.82) is 0 Å². The van der Waals surface area contributed by atoms with Crippen LogP contribution in [0.2, 0.25) is 0 Å². The van der Waals surface area contributed by atoms with E-state index in [2.05, 4.69) is 10.3 Å². The van der Waals surface area contributed by atoms with E-state index in [9.17, 15) is 9.59 Å². The van der Waals surface area contributed by atoms with Crippen molar-refractivity contribution in [3.05, 3.63) is 48.2 Å². The molecule has 1 aromatic heterocycles. The van der Waals surface area contributed by atoms with Crippen molar-refractivity contribution < 1.29 is 24.2 Å². The first kappa shape index (κ1) is 20.0. The molecule has 0 spiro atoms. The van der Waals surface area contributed by atoms with Gasteiger partial charge in [-0.05, 0) is 18.2 Å². The highest BCUT2D eigenvalue weighted by atomic mass is 16.5. The van der Waals surface area contributed by atoms with E-state index >= 15 is 0 Å². The molecule has 0 fully saturated rings. The number of hydrogen-bond donors (Lipinski definition) is 2. The van der Waals surface area contributed by atoms with Crippen LogP contribution in [-0.2, 0) is 11.3 Å². The lowest BCUT2D eigenvalue weighted by Gasteiger charge is -2.20. The van der Waals surface area contributed by atoms with Gasteiger partial charge in [-0.3, -0.25) is 4.79 Å². The maximum Gasteiger partial charge on any atom is 0.317 e. The standard InChI is InChI=1S/C19H23N3O5/c1-13(18(23)24)12-22(2)19(25)21-11-14-6-5-9-20-17(14)27-16-8-4-7-15(10-16)26-3/h4-10,13H,11-12H2,1-3H3,(H,21,25)(H,23,24). The van der Waals surface area contributed by atoms with Crippen LogP contribution in [0.5, 0.6) is 17.4 Å². The average Bonchev–Trinajstić information content (AvgIpc) is 2.67. The maximum absolute atomic E-state index is 12.2. The second kappa shape index (κ2) is 9.42. The second-order valence-electron chi connectivity index (χ2n) is 6.03. The van der Waals surface area contributed by atoms with E-state index in [1.807, 2.05) is 0 Å². The molecule has 144 valence electrons. The Morgan fingerprint density at radius 2 is 2.00 bits per heavy atom. The Labute approximate surface area is 157 Å². The Balaban J connectivity index is 2.01. The lowest BCUT2D eigenvalue weighted by molar-refractivity contribution is -0.141. The summed E-state index contributed by atoms with van der Waals surface area (Å²) in [4.78, 5) is 28.6. The number of carbonyl (C=O) groups excluding carboxylic acids is 1. The van der Waals surface area contributed by atoms with Gasteiger partial charge in [0, 0.05) is 38.0 Å². The molecule has 0 radical (unpaired) electrons. The summed E-state index contributed by atoms with van der Waals surface area (Å²) in [6, 6.07) is 10.3. The Bertz CT molecular complexity index is 796. The van der Waals surface area contributed by atoms with Crippen LogP contribution >= 0.6 is 0 Å². The number of benzene rings is 1. The topological polar surface area (TPSA) is 101 Å². The summed E-state index contributed by atoms with van der Waals surface area (Å²) in [5.74, 6) is -0.00456. The van der Waals surface area contributed by atoms with E-state index in [0.717, 1.165) is 0 Å². The SMILES string of the molecule is COc1cccc(Oc2ncccc2CNC(=O)N(C)CC(C)C(=O)O)c1. The number of urea groups is 1. The van der Waals surface area contributed by atoms with E-state index in [1.165, 1.54) is 4.90 Å². The van der Waals surface area contributed by atoms with Crippen molar-refractivity contribution in [2.75, 3.05) is 20.7 Å². The zero-order valence-corrected chi connectivity index (χ0v) is 15.5. The number of rotatable bonds is 8. The van der Waals surface area contributed by atoms with Crippen LogP contribution in [-0.4, -0.2) is 47.7 Å². The van der Waals surface area contributed by atoms with Crippen molar-refractivity contribution in [3.8, 4) is 17.4 Å². The molecule has 1 aromatic carbocycles. The highest BCUT2D eigenvalue weighted by molar-refractivity contribution is 5.75. The molecule has 2 amide bonds. The van der Waals surface area contributed by atoms with Gasteiger partial charge in [0.15, 0.2) is 0 Å². The highest BCUT2D eigenvalue weighted by Crippen LogP contribution is 2.26.